The number of esters is 1. The molecule has 39 heavy (non-hydrogen) atoms. The number of nitrogens with two attached hydrogens (primary N) is 1. The highest BCUT2D eigenvalue weighted by Crippen LogP contribution is 2.39. The Kier molecular flexibility index (Phi) is 6.73. The van der Waals surface area contributed by atoms with Crippen molar-refractivity contribution in [2.24, 2.45) is 5.73 Å². The molecule has 1 saturated heterocycles. The molecule has 1 fully saturated rings. The molecular formula is C27H23F3N4O5. The summed E-state index contributed by atoms with van der Waals surface area (Å²) in [5, 5.41) is 0.270. The number of halogens is 3. The van der Waals surface area contributed by atoms with Crippen molar-refractivity contribution in [3.63, 3.8) is 0 Å². The van der Waals surface area contributed by atoms with Crippen molar-refractivity contribution in [3.8, 4) is 17.2 Å². The van der Waals surface area contributed by atoms with E-state index in [0.29, 0.717) is 0 Å². The summed E-state index contributed by atoms with van der Waals surface area (Å²) < 4.78 is 55.9. The number of carbonyl (C=O) groups excluding carboxylic acids is 2. The number of rotatable bonds is 6. The largest absolute Gasteiger partial charge is 0.494 e. The number of fused-ring (bicyclic) bond motifs is 1. The standard InChI is InChI=1S/C27H23F3N4O5/c1-37-18-10-8-16(15-9-11-20(27(28,29)30)32-21(15)18)24-33-22(19(12-31)39-24)25(35)34-13-17(23(34)26(36)38-2)14-6-4-3-5-7-14/h3-11,17,23H,12-13,31H2,1-2H3/t17-,23+/m0/s1. The van der Waals surface area contributed by atoms with E-state index in [9.17, 15) is 22.8 Å². The van der Waals surface area contributed by atoms with Gasteiger partial charge in [0.1, 0.15) is 23.0 Å². The van der Waals surface area contributed by atoms with Crippen LogP contribution in [0.5, 0.6) is 5.75 Å². The lowest BCUT2D eigenvalue weighted by Gasteiger charge is -2.46. The van der Waals surface area contributed by atoms with Gasteiger partial charge in [-0.3, -0.25) is 4.79 Å². The lowest BCUT2D eigenvalue weighted by Crippen LogP contribution is -2.61. The monoisotopic (exact) mass is 540 g/mol. The zero-order chi connectivity index (χ0) is 27.9. The summed E-state index contributed by atoms with van der Waals surface area (Å²) >= 11 is 0. The molecule has 5 rings (SSSR count). The first-order chi connectivity index (χ1) is 18.7. The van der Waals surface area contributed by atoms with E-state index in [1.54, 1.807) is 6.07 Å². The van der Waals surface area contributed by atoms with Crippen molar-refractivity contribution in [2.45, 2.75) is 24.7 Å². The molecule has 9 nitrogen and oxygen atoms in total. The minimum Gasteiger partial charge on any atom is -0.494 e. The Morgan fingerprint density at radius 1 is 1.08 bits per heavy atom. The maximum Gasteiger partial charge on any atom is 0.433 e. The van der Waals surface area contributed by atoms with Gasteiger partial charge < -0.3 is 24.5 Å². The van der Waals surface area contributed by atoms with Gasteiger partial charge in [0.15, 0.2) is 11.5 Å². The summed E-state index contributed by atoms with van der Waals surface area (Å²) in [4.78, 5) is 35.6. The van der Waals surface area contributed by atoms with Crippen LogP contribution in [0.1, 0.15) is 33.4 Å². The predicted molar refractivity (Wildman–Crippen MR) is 133 cm³/mol. The van der Waals surface area contributed by atoms with Crippen molar-refractivity contribution in [2.75, 3.05) is 20.8 Å². The molecule has 0 aliphatic carbocycles. The summed E-state index contributed by atoms with van der Waals surface area (Å²) in [5.41, 5.74) is 5.78. The van der Waals surface area contributed by atoms with Gasteiger partial charge in [0.05, 0.1) is 20.8 Å². The van der Waals surface area contributed by atoms with Gasteiger partial charge in [-0.1, -0.05) is 30.3 Å². The fourth-order valence-corrected chi connectivity index (χ4v) is 4.72. The lowest BCUT2D eigenvalue weighted by atomic mass is 9.82. The highest BCUT2D eigenvalue weighted by molar-refractivity contribution is 6.00. The minimum absolute atomic E-state index is 0.0391. The SMILES string of the molecule is COC(=O)[C@H]1[C@H](c2ccccc2)CN1C(=O)c1nc(-c2ccc(OC)c3nc(C(F)(F)F)ccc23)oc1CN. The lowest BCUT2D eigenvalue weighted by molar-refractivity contribution is -0.151. The maximum absolute atomic E-state index is 13.6. The van der Waals surface area contributed by atoms with Gasteiger partial charge in [-0.15, -0.1) is 0 Å². The molecule has 0 radical (unpaired) electrons. The molecule has 2 N–H and O–H groups in total. The predicted octanol–water partition coefficient (Wildman–Crippen LogP) is 4.16. The van der Waals surface area contributed by atoms with Crippen LogP contribution in [0.25, 0.3) is 22.4 Å². The zero-order valence-corrected chi connectivity index (χ0v) is 20.9. The Balaban J connectivity index is 1.53. The van der Waals surface area contributed by atoms with Crippen LogP contribution in [0, 0.1) is 0 Å². The van der Waals surface area contributed by atoms with E-state index in [2.05, 4.69) is 9.97 Å². The molecule has 4 aromatic rings. The van der Waals surface area contributed by atoms with Crippen molar-refractivity contribution in [3.05, 3.63) is 77.3 Å². The number of oxazole rings is 1. The van der Waals surface area contributed by atoms with E-state index in [1.807, 2.05) is 30.3 Å². The summed E-state index contributed by atoms with van der Waals surface area (Å²) in [7, 11) is 2.57. The molecule has 202 valence electrons. The molecule has 1 amide bonds. The summed E-state index contributed by atoms with van der Waals surface area (Å²) in [6, 6.07) is 13.5. The number of amides is 1. The Morgan fingerprint density at radius 2 is 1.82 bits per heavy atom. The van der Waals surface area contributed by atoms with Crippen LogP contribution in [0.4, 0.5) is 13.2 Å². The Hall–Kier alpha value is -4.45. The molecule has 1 aliphatic heterocycles. The topological polar surface area (TPSA) is 121 Å². The number of benzene rings is 2. The number of nitrogens with zero attached hydrogens (tertiary/aromatic N) is 3. The van der Waals surface area contributed by atoms with Gasteiger partial charge in [-0.05, 0) is 29.8 Å². The van der Waals surface area contributed by atoms with Gasteiger partial charge in [0.25, 0.3) is 5.91 Å². The molecule has 0 bridgehead atoms. The summed E-state index contributed by atoms with van der Waals surface area (Å²) in [6.07, 6.45) is -4.66. The Labute approximate surface area is 220 Å². The van der Waals surface area contributed by atoms with E-state index in [4.69, 9.17) is 19.6 Å². The second kappa shape index (κ2) is 10.0. The van der Waals surface area contributed by atoms with E-state index < -0.39 is 29.8 Å². The number of ether oxygens (including phenoxy) is 2. The second-order valence-corrected chi connectivity index (χ2v) is 8.84. The van der Waals surface area contributed by atoms with Gasteiger partial charge in [-0.25, -0.2) is 14.8 Å². The number of likely N-dealkylation sites (tertiary alicyclic amines) is 1. The first-order valence-electron chi connectivity index (χ1n) is 11.9. The molecule has 3 heterocycles. The van der Waals surface area contributed by atoms with Crippen molar-refractivity contribution in [1.82, 2.24) is 14.9 Å². The zero-order valence-electron chi connectivity index (χ0n) is 20.9. The van der Waals surface area contributed by atoms with E-state index >= 15 is 0 Å². The number of hydrogen-bond donors (Lipinski definition) is 1. The number of pyridine rings is 1. The first kappa shape index (κ1) is 26.2. The van der Waals surface area contributed by atoms with Crippen LogP contribution in [0.3, 0.4) is 0 Å². The molecule has 0 spiro atoms. The van der Waals surface area contributed by atoms with Gasteiger partial charge >= 0.3 is 12.1 Å². The molecule has 0 saturated carbocycles. The summed E-state index contributed by atoms with van der Waals surface area (Å²) in [5.74, 6) is -1.28. The Morgan fingerprint density at radius 3 is 2.46 bits per heavy atom. The van der Waals surface area contributed by atoms with Crippen molar-refractivity contribution >= 4 is 22.8 Å². The normalized spacial score (nSPS) is 17.1. The molecule has 2 aromatic heterocycles. The van der Waals surface area contributed by atoms with Crippen LogP contribution in [0.15, 0.2) is 59.0 Å². The number of carbonyl (C=O) groups is 2. The highest BCUT2D eigenvalue weighted by Gasteiger charge is 2.49. The quantitative estimate of drug-likeness (QED) is 0.362. The van der Waals surface area contributed by atoms with Crippen LogP contribution in [-0.4, -0.2) is 53.6 Å². The number of hydrogen-bond acceptors (Lipinski definition) is 8. The summed E-state index contributed by atoms with van der Waals surface area (Å²) in [6.45, 7) is 0.0574. The fourth-order valence-electron chi connectivity index (χ4n) is 4.72. The van der Waals surface area contributed by atoms with Crippen LogP contribution < -0.4 is 10.5 Å². The minimum atomic E-state index is -4.66. The molecule has 1 aliphatic rings. The number of methoxy groups -OCH3 is 2. The molecule has 0 unspecified atom stereocenters. The van der Waals surface area contributed by atoms with Gasteiger partial charge in [-0.2, -0.15) is 13.2 Å². The van der Waals surface area contributed by atoms with E-state index in [0.717, 1.165) is 11.6 Å². The van der Waals surface area contributed by atoms with Crippen molar-refractivity contribution in [1.29, 1.82) is 0 Å². The molecule has 2 aromatic carbocycles. The number of alkyl halides is 3. The fraction of sp³-hybridized carbons (Fsp3) is 0.259. The molecule has 2 atom stereocenters. The third-order valence-corrected chi connectivity index (χ3v) is 6.69. The van der Waals surface area contributed by atoms with Gasteiger partial charge in [0.2, 0.25) is 5.89 Å². The average Bonchev–Trinajstić information content (AvgIpc) is 3.36. The van der Waals surface area contributed by atoms with Crippen molar-refractivity contribution < 1.29 is 36.7 Å². The van der Waals surface area contributed by atoms with E-state index in [-0.39, 0.29) is 58.6 Å². The van der Waals surface area contributed by atoms with Crippen LogP contribution in [0.2, 0.25) is 0 Å². The second-order valence-electron chi connectivity index (χ2n) is 8.84. The first-order valence-corrected chi connectivity index (χ1v) is 11.9. The van der Waals surface area contributed by atoms with Crippen LogP contribution in [-0.2, 0) is 22.3 Å². The third kappa shape index (κ3) is 4.56. The third-order valence-electron chi connectivity index (χ3n) is 6.69. The molecular weight excluding hydrogens is 517 g/mol. The van der Waals surface area contributed by atoms with Gasteiger partial charge in [0, 0.05) is 23.4 Å². The maximum atomic E-state index is 13.6. The average molecular weight is 540 g/mol. The molecule has 12 heteroatoms. The van der Waals surface area contributed by atoms with E-state index in [1.165, 1.54) is 31.3 Å². The smallest absolute Gasteiger partial charge is 0.433 e. The highest BCUT2D eigenvalue weighted by atomic mass is 19.4. The Bertz CT molecular complexity index is 1550. The van der Waals surface area contributed by atoms with Crippen LogP contribution >= 0.6 is 0 Å². The number of aromatic nitrogens is 2.